The second kappa shape index (κ2) is 14.7. The van der Waals surface area contributed by atoms with E-state index in [0.29, 0.717) is 0 Å². The van der Waals surface area contributed by atoms with Crippen LogP contribution in [0.25, 0.3) is 0 Å². The van der Waals surface area contributed by atoms with E-state index >= 15 is 0 Å². The molecule has 0 aliphatic carbocycles. The first-order chi connectivity index (χ1) is 20.6. The molecule has 8 nitrogen and oxygen atoms in total. The van der Waals surface area contributed by atoms with Crippen LogP contribution < -0.4 is 0 Å². The summed E-state index contributed by atoms with van der Waals surface area (Å²) in [6, 6.07) is 29.5. The number of rotatable bonds is 11. The van der Waals surface area contributed by atoms with E-state index in [-0.39, 0.29) is 11.9 Å². The Morgan fingerprint density at radius 3 is 1.47 bits per heavy atom. The van der Waals surface area contributed by atoms with E-state index < -0.39 is 53.4 Å². The molecule has 0 aromatic heterocycles. The molecule has 228 valence electrons. The quantitative estimate of drug-likeness (QED) is 0.156. The second-order valence-electron chi connectivity index (χ2n) is 10.5. The molecule has 1 saturated heterocycles. The van der Waals surface area contributed by atoms with Crippen LogP contribution in [0, 0.1) is 0 Å². The van der Waals surface area contributed by atoms with Crippen LogP contribution in [-0.4, -0.2) is 59.6 Å². The molecule has 3 aromatic rings. The minimum atomic E-state index is -1.12. The average Bonchev–Trinajstić information content (AvgIpc) is 2.97. The van der Waals surface area contributed by atoms with Gasteiger partial charge >= 0.3 is 17.9 Å². The number of thioether (sulfide) groups is 1. The molecule has 0 unspecified atom stereocenters. The second-order valence-corrected chi connectivity index (χ2v) is 12.2. The highest BCUT2D eigenvalue weighted by molar-refractivity contribution is 8.00. The first kappa shape index (κ1) is 32.3. The smallest absolute Gasteiger partial charge is 0.303 e. The molecule has 1 aliphatic rings. The van der Waals surface area contributed by atoms with Crippen molar-refractivity contribution in [2.24, 2.45) is 0 Å². The third kappa shape index (κ3) is 7.84. The highest BCUT2D eigenvalue weighted by Crippen LogP contribution is 2.42. The van der Waals surface area contributed by atoms with Gasteiger partial charge in [0.25, 0.3) is 0 Å². The normalized spacial score (nSPS) is 22.0. The van der Waals surface area contributed by atoms with Crippen molar-refractivity contribution < 1.29 is 38.1 Å². The summed E-state index contributed by atoms with van der Waals surface area (Å²) in [7, 11) is 0. The van der Waals surface area contributed by atoms with E-state index in [4.69, 9.17) is 23.7 Å². The summed E-state index contributed by atoms with van der Waals surface area (Å²) >= 11 is 1.42. The standard InChI is InChI=1S/C34H38O8S/c1-22(2)43-33-32(41-25(5)37)31(40-24(4)36)30(39-23(3)35)29(42-33)21-38-34(26-15-9-6-10-16-26,27-17-11-7-12-18-27)28-19-13-8-14-20-28/h6-20,22,29-33H,21H2,1-5H3/t29-,30+,31+,32-,33+/m1/s1. The molecule has 0 spiro atoms. The summed E-state index contributed by atoms with van der Waals surface area (Å²) in [6.07, 6.45) is -4.14. The van der Waals surface area contributed by atoms with Gasteiger partial charge in [-0.3, -0.25) is 14.4 Å². The van der Waals surface area contributed by atoms with Gasteiger partial charge in [0, 0.05) is 26.0 Å². The van der Waals surface area contributed by atoms with Gasteiger partial charge in [-0.15, -0.1) is 11.8 Å². The van der Waals surface area contributed by atoms with E-state index in [9.17, 15) is 14.4 Å². The largest absolute Gasteiger partial charge is 0.456 e. The zero-order chi connectivity index (χ0) is 31.0. The van der Waals surface area contributed by atoms with E-state index in [0.717, 1.165) is 16.7 Å². The van der Waals surface area contributed by atoms with Gasteiger partial charge in [-0.2, -0.15) is 0 Å². The Labute approximate surface area is 257 Å². The summed E-state index contributed by atoms with van der Waals surface area (Å²) in [6.45, 7) is 7.69. The van der Waals surface area contributed by atoms with Crippen LogP contribution in [0.1, 0.15) is 51.3 Å². The molecule has 9 heteroatoms. The van der Waals surface area contributed by atoms with Gasteiger partial charge in [0.15, 0.2) is 18.3 Å². The third-order valence-electron chi connectivity index (χ3n) is 6.91. The lowest BCUT2D eigenvalue weighted by Crippen LogP contribution is -2.62. The van der Waals surface area contributed by atoms with Gasteiger partial charge < -0.3 is 23.7 Å². The lowest BCUT2D eigenvalue weighted by molar-refractivity contribution is -0.241. The number of carbonyl (C=O) groups excluding carboxylic acids is 3. The SMILES string of the molecule is CC(=O)O[C@H]1[C@@H](OC(C)=O)[C@@H](COC(c2ccccc2)(c2ccccc2)c2ccccc2)O[C@@H](SC(C)C)[C@@H]1OC(C)=O. The van der Waals surface area contributed by atoms with Crippen LogP contribution in [0.3, 0.4) is 0 Å². The minimum Gasteiger partial charge on any atom is -0.456 e. The molecule has 4 rings (SSSR count). The van der Waals surface area contributed by atoms with Gasteiger partial charge in [0.05, 0.1) is 6.61 Å². The molecule has 0 amide bonds. The molecule has 1 heterocycles. The number of hydrogen-bond acceptors (Lipinski definition) is 9. The van der Waals surface area contributed by atoms with Gasteiger partial charge in [-0.05, 0) is 16.7 Å². The van der Waals surface area contributed by atoms with E-state index in [1.165, 1.54) is 32.5 Å². The molecule has 0 bridgehead atoms. The maximum Gasteiger partial charge on any atom is 0.303 e. The summed E-state index contributed by atoms with van der Waals surface area (Å²) < 4.78 is 30.6. The van der Waals surface area contributed by atoms with Gasteiger partial charge in [-0.25, -0.2) is 0 Å². The van der Waals surface area contributed by atoms with Crippen molar-refractivity contribution in [2.75, 3.05) is 6.61 Å². The Bertz CT molecular complexity index is 1250. The topological polar surface area (TPSA) is 97.4 Å². The summed E-state index contributed by atoms with van der Waals surface area (Å²) in [5, 5.41) is 0.0740. The Balaban J connectivity index is 1.82. The van der Waals surface area contributed by atoms with Crippen molar-refractivity contribution in [3.8, 4) is 0 Å². The minimum absolute atomic E-state index is 0.0592. The zero-order valence-electron chi connectivity index (χ0n) is 25.0. The number of hydrogen-bond donors (Lipinski definition) is 0. The molecule has 3 aromatic carbocycles. The van der Waals surface area contributed by atoms with Crippen molar-refractivity contribution >= 4 is 29.7 Å². The Morgan fingerprint density at radius 2 is 1.07 bits per heavy atom. The maximum absolute atomic E-state index is 12.4. The number of benzene rings is 3. The van der Waals surface area contributed by atoms with Crippen LogP contribution in [0.4, 0.5) is 0 Å². The average molecular weight is 607 g/mol. The molecule has 0 radical (unpaired) electrons. The first-order valence-electron chi connectivity index (χ1n) is 14.2. The van der Waals surface area contributed by atoms with Gasteiger partial charge in [0.1, 0.15) is 17.1 Å². The molecule has 0 N–H and O–H groups in total. The molecule has 5 atom stereocenters. The Hall–Kier alpha value is -3.66. The van der Waals surface area contributed by atoms with Crippen molar-refractivity contribution in [1.82, 2.24) is 0 Å². The lowest BCUT2D eigenvalue weighted by atomic mass is 9.80. The van der Waals surface area contributed by atoms with E-state index in [2.05, 4.69) is 0 Å². The lowest BCUT2D eigenvalue weighted by Gasteiger charge is -2.46. The molecule has 1 fully saturated rings. The van der Waals surface area contributed by atoms with Gasteiger partial charge in [-0.1, -0.05) is 105 Å². The predicted molar refractivity (Wildman–Crippen MR) is 163 cm³/mol. The zero-order valence-corrected chi connectivity index (χ0v) is 25.8. The number of carbonyl (C=O) groups is 3. The fourth-order valence-electron chi connectivity index (χ4n) is 5.34. The fraction of sp³-hybridized carbons (Fsp3) is 0.382. The molecule has 43 heavy (non-hydrogen) atoms. The van der Waals surface area contributed by atoms with Crippen molar-refractivity contribution in [2.45, 2.75) is 75.3 Å². The molecular weight excluding hydrogens is 568 g/mol. The monoisotopic (exact) mass is 606 g/mol. The Morgan fingerprint density at radius 1 is 0.674 bits per heavy atom. The Kier molecular flexibility index (Phi) is 11.0. The summed E-state index contributed by atoms with van der Waals surface area (Å²) in [4.78, 5) is 36.8. The van der Waals surface area contributed by atoms with Crippen molar-refractivity contribution in [1.29, 1.82) is 0 Å². The number of ether oxygens (including phenoxy) is 5. The highest BCUT2D eigenvalue weighted by atomic mass is 32.2. The highest BCUT2D eigenvalue weighted by Gasteiger charge is 2.53. The van der Waals surface area contributed by atoms with Crippen LogP contribution >= 0.6 is 11.8 Å². The summed E-state index contributed by atoms with van der Waals surface area (Å²) in [5.41, 5.74) is 0.852. The third-order valence-corrected chi connectivity index (χ3v) is 8.10. The predicted octanol–water partition coefficient (Wildman–Crippen LogP) is 5.66. The van der Waals surface area contributed by atoms with E-state index in [1.54, 1.807) is 0 Å². The van der Waals surface area contributed by atoms with Crippen LogP contribution in [0.15, 0.2) is 91.0 Å². The van der Waals surface area contributed by atoms with Crippen molar-refractivity contribution in [3.63, 3.8) is 0 Å². The molecule has 0 saturated carbocycles. The van der Waals surface area contributed by atoms with Crippen LogP contribution in [0.2, 0.25) is 0 Å². The van der Waals surface area contributed by atoms with Crippen LogP contribution in [-0.2, 0) is 43.7 Å². The van der Waals surface area contributed by atoms with E-state index in [1.807, 2.05) is 105 Å². The van der Waals surface area contributed by atoms with Crippen LogP contribution in [0.5, 0.6) is 0 Å². The maximum atomic E-state index is 12.4. The first-order valence-corrected chi connectivity index (χ1v) is 15.2. The van der Waals surface area contributed by atoms with Crippen molar-refractivity contribution in [3.05, 3.63) is 108 Å². The summed E-state index contributed by atoms with van der Waals surface area (Å²) in [5.74, 6) is -1.79. The molecular formula is C34H38O8S. The van der Waals surface area contributed by atoms with Gasteiger partial charge in [0.2, 0.25) is 0 Å². The molecule has 1 aliphatic heterocycles. The number of esters is 3. The fourth-order valence-corrected chi connectivity index (χ4v) is 6.45.